The summed E-state index contributed by atoms with van der Waals surface area (Å²) in [4.78, 5) is 17.0. The summed E-state index contributed by atoms with van der Waals surface area (Å²) in [5.41, 5.74) is 0. The highest BCUT2D eigenvalue weighted by atomic mass is 16.5. The van der Waals surface area contributed by atoms with Gasteiger partial charge < -0.3 is 14.5 Å². The molecule has 0 radical (unpaired) electrons. The Balaban J connectivity index is 1.46. The van der Waals surface area contributed by atoms with E-state index in [1.54, 1.807) is 0 Å². The lowest BCUT2D eigenvalue weighted by atomic mass is 9.83. The van der Waals surface area contributed by atoms with Crippen molar-refractivity contribution in [3.05, 3.63) is 0 Å². The molecule has 0 bridgehead atoms. The van der Waals surface area contributed by atoms with Crippen molar-refractivity contribution in [3.63, 3.8) is 0 Å². The smallest absolute Gasteiger partial charge is 0.223 e. The number of hydrogen-bond donors (Lipinski definition) is 0. The first kappa shape index (κ1) is 15.3. The lowest BCUT2D eigenvalue weighted by molar-refractivity contribution is -0.142. The molecule has 1 aliphatic carbocycles. The van der Waals surface area contributed by atoms with E-state index in [0.29, 0.717) is 29.8 Å². The van der Waals surface area contributed by atoms with Crippen molar-refractivity contribution < 1.29 is 9.53 Å². The van der Waals surface area contributed by atoms with Gasteiger partial charge >= 0.3 is 0 Å². The van der Waals surface area contributed by atoms with Gasteiger partial charge in [-0.3, -0.25) is 4.79 Å². The van der Waals surface area contributed by atoms with Gasteiger partial charge in [-0.05, 0) is 37.5 Å². The fraction of sp³-hybridized carbons (Fsp3) is 0.941. The summed E-state index contributed by atoms with van der Waals surface area (Å²) in [7, 11) is 0. The monoisotopic (exact) mass is 294 g/mol. The minimum Gasteiger partial charge on any atom is -0.380 e. The predicted octanol–water partition coefficient (Wildman–Crippen LogP) is 2.13. The van der Waals surface area contributed by atoms with Gasteiger partial charge in [0.2, 0.25) is 5.91 Å². The molecule has 3 aliphatic rings. The molecule has 3 fully saturated rings. The lowest BCUT2D eigenvalue weighted by Gasteiger charge is -2.47. The van der Waals surface area contributed by atoms with Crippen LogP contribution in [0, 0.1) is 11.8 Å². The molecule has 2 saturated heterocycles. The second-order valence-electron chi connectivity index (χ2n) is 7.46. The number of hydrogen-bond acceptors (Lipinski definition) is 3. The van der Waals surface area contributed by atoms with E-state index in [1.807, 2.05) is 0 Å². The van der Waals surface area contributed by atoms with Crippen molar-refractivity contribution in [1.82, 2.24) is 9.80 Å². The van der Waals surface area contributed by atoms with Crippen LogP contribution >= 0.6 is 0 Å². The first-order valence-electron chi connectivity index (χ1n) is 8.76. The third-order valence-electron chi connectivity index (χ3n) is 5.10. The van der Waals surface area contributed by atoms with E-state index in [0.717, 1.165) is 52.1 Å². The van der Waals surface area contributed by atoms with E-state index in [9.17, 15) is 4.79 Å². The Hall–Kier alpha value is -0.610. The minimum absolute atomic E-state index is 0.424. The molecule has 4 nitrogen and oxygen atoms in total. The van der Waals surface area contributed by atoms with Gasteiger partial charge in [-0.15, -0.1) is 0 Å². The maximum absolute atomic E-state index is 12.2. The molecule has 1 saturated carbocycles. The predicted molar refractivity (Wildman–Crippen MR) is 83.1 cm³/mol. The standard InChI is InChI=1S/C17H30N2O2/c1-13(2)12-21-10-9-18-8-7-16-14(11-18)3-6-17(20)19(16)15-4-5-15/h13-16H,3-12H2,1-2H3/t14-,16+/m1/s1. The highest BCUT2D eigenvalue weighted by Gasteiger charge is 2.45. The zero-order valence-electron chi connectivity index (χ0n) is 13.6. The van der Waals surface area contributed by atoms with Crippen molar-refractivity contribution in [1.29, 1.82) is 0 Å². The van der Waals surface area contributed by atoms with Gasteiger partial charge in [-0.25, -0.2) is 0 Å². The molecular formula is C17H30N2O2. The first-order valence-corrected chi connectivity index (χ1v) is 8.76. The molecule has 0 aromatic heterocycles. The maximum Gasteiger partial charge on any atom is 0.223 e. The van der Waals surface area contributed by atoms with Crippen LogP contribution in [0.3, 0.4) is 0 Å². The zero-order valence-corrected chi connectivity index (χ0v) is 13.6. The summed E-state index contributed by atoms with van der Waals surface area (Å²) < 4.78 is 5.71. The molecule has 0 unspecified atom stereocenters. The Morgan fingerprint density at radius 2 is 2.05 bits per heavy atom. The molecule has 2 atom stereocenters. The average Bonchev–Trinajstić information content (AvgIpc) is 3.28. The van der Waals surface area contributed by atoms with Crippen LogP contribution in [0.15, 0.2) is 0 Å². The Kier molecular flexibility index (Phi) is 4.85. The fourth-order valence-electron chi connectivity index (χ4n) is 3.91. The molecule has 2 heterocycles. The van der Waals surface area contributed by atoms with Crippen LogP contribution in [-0.4, -0.2) is 60.6 Å². The summed E-state index contributed by atoms with van der Waals surface area (Å²) >= 11 is 0. The Morgan fingerprint density at radius 3 is 2.76 bits per heavy atom. The summed E-state index contributed by atoms with van der Waals surface area (Å²) in [5, 5.41) is 0. The third-order valence-corrected chi connectivity index (χ3v) is 5.10. The molecule has 21 heavy (non-hydrogen) atoms. The molecule has 120 valence electrons. The number of amides is 1. The lowest BCUT2D eigenvalue weighted by Crippen LogP contribution is -2.56. The van der Waals surface area contributed by atoms with Gasteiger partial charge in [-0.2, -0.15) is 0 Å². The van der Waals surface area contributed by atoms with Crippen LogP contribution in [0.2, 0.25) is 0 Å². The number of rotatable bonds is 6. The first-order chi connectivity index (χ1) is 10.1. The van der Waals surface area contributed by atoms with Crippen LogP contribution in [0.4, 0.5) is 0 Å². The van der Waals surface area contributed by atoms with E-state index >= 15 is 0 Å². The number of piperidine rings is 2. The van der Waals surface area contributed by atoms with E-state index in [4.69, 9.17) is 4.74 Å². The number of likely N-dealkylation sites (tertiary alicyclic amines) is 2. The van der Waals surface area contributed by atoms with Crippen molar-refractivity contribution in [3.8, 4) is 0 Å². The van der Waals surface area contributed by atoms with E-state index in [2.05, 4.69) is 23.6 Å². The summed E-state index contributed by atoms with van der Waals surface area (Å²) in [6.45, 7) is 9.43. The summed E-state index contributed by atoms with van der Waals surface area (Å²) in [5.74, 6) is 1.74. The summed E-state index contributed by atoms with van der Waals surface area (Å²) in [6, 6.07) is 1.12. The molecule has 2 aliphatic heterocycles. The number of nitrogens with zero attached hydrogens (tertiary/aromatic N) is 2. The molecule has 0 aromatic rings. The van der Waals surface area contributed by atoms with Gasteiger partial charge in [0.05, 0.1) is 6.61 Å². The topological polar surface area (TPSA) is 32.8 Å². The Morgan fingerprint density at radius 1 is 1.24 bits per heavy atom. The average molecular weight is 294 g/mol. The molecule has 1 amide bonds. The zero-order chi connectivity index (χ0) is 14.8. The van der Waals surface area contributed by atoms with Crippen LogP contribution in [0.5, 0.6) is 0 Å². The van der Waals surface area contributed by atoms with Crippen LogP contribution in [-0.2, 0) is 9.53 Å². The second-order valence-corrected chi connectivity index (χ2v) is 7.46. The normalized spacial score (nSPS) is 30.8. The number of carbonyl (C=O) groups is 1. The molecule has 0 spiro atoms. The number of fused-ring (bicyclic) bond motifs is 1. The van der Waals surface area contributed by atoms with Gasteiger partial charge in [0.15, 0.2) is 0 Å². The quantitative estimate of drug-likeness (QED) is 0.704. The van der Waals surface area contributed by atoms with Crippen LogP contribution in [0.25, 0.3) is 0 Å². The molecule has 4 heteroatoms. The van der Waals surface area contributed by atoms with Gasteiger partial charge in [0, 0.05) is 44.7 Å². The van der Waals surface area contributed by atoms with Crippen molar-refractivity contribution in [2.45, 2.75) is 58.0 Å². The SMILES string of the molecule is CC(C)COCCN1CC[C@H]2[C@H](CCC(=O)N2C2CC2)C1. The van der Waals surface area contributed by atoms with E-state index in [1.165, 1.54) is 12.8 Å². The van der Waals surface area contributed by atoms with Crippen molar-refractivity contribution >= 4 is 5.91 Å². The van der Waals surface area contributed by atoms with Gasteiger partial charge in [0.1, 0.15) is 0 Å². The Labute approximate surface area is 128 Å². The molecular weight excluding hydrogens is 264 g/mol. The van der Waals surface area contributed by atoms with E-state index in [-0.39, 0.29) is 0 Å². The van der Waals surface area contributed by atoms with E-state index < -0.39 is 0 Å². The fourth-order valence-corrected chi connectivity index (χ4v) is 3.91. The second kappa shape index (κ2) is 6.66. The highest BCUT2D eigenvalue weighted by Crippen LogP contribution is 2.38. The highest BCUT2D eigenvalue weighted by molar-refractivity contribution is 5.78. The number of carbonyl (C=O) groups excluding carboxylic acids is 1. The molecule has 3 rings (SSSR count). The number of ether oxygens (including phenoxy) is 1. The molecule has 0 aromatic carbocycles. The van der Waals surface area contributed by atoms with Gasteiger partial charge in [-0.1, -0.05) is 13.8 Å². The summed E-state index contributed by atoms with van der Waals surface area (Å²) in [6.07, 6.45) is 5.51. The van der Waals surface area contributed by atoms with Crippen LogP contribution < -0.4 is 0 Å². The maximum atomic E-state index is 12.2. The van der Waals surface area contributed by atoms with Gasteiger partial charge in [0.25, 0.3) is 0 Å². The third kappa shape index (κ3) is 3.78. The van der Waals surface area contributed by atoms with Crippen molar-refractivity contribution in [2.24, 2.45) is 11.8 Å². The Bertz CT molecular complexity index is 368. The van der Waals surface area contributed by atoms with Crippen molar-refractivity contribution in [2.75, 3.05) is 32.8 Å². The van der Waals surface area contributed by atoms with Crippen LogP contribution in [0.1, 0.15) is 46.0 Å². The molecule has 0 N–H and O–H groups in total. The minimum atomic E-state index is 0.424. The largest absolute Gasteiger partial charge is 0.380 e.